The van der Waals surface area contributed by atoms with Gasteiger partial charge in [0.1, 0.15) is 17.5 Å². The Bertz CT molecular complexity index is 1480. The Labute approximate surface area is 228 Å². The van der Waals surface area contributed by atoms with Crippen LogP contribution >= 0.6 is 0 Å². The fraction of sp³-hybridized carbons (Fsp3) is 0.379. The molecule has 2 saturated heterocycles. The molecule has 2 aliphatic rings. The van der Waals surface area contributed by atoms with Crippen molar-refractivity contribution in [1.29, 1.82) is 0 Å². The molecule has 9 nitrogen and oxygen atoms in total. The van der Waals surface area contributed by atoms with Crippen LogP contribution in [0, 0.1) is 5.92 Å². The second-order valence-corrected chi connectivity index (χ2v) is 12.5. The molecule has 1 N–H and O–H groups in total. The topological polar surface area (TPSA) is 121 Å². The molecule has 0 spiro atoms. The minimum atomic E-state index is -3.95. The molecule has 3 aromatic rings. The van der Waals surface area contributed by atoms with Crippen LogP contribution in [0.3, 0.4) is 0 Å². The normalized spacial score (nSPS) is 20.4. The highest BCUT2D eigenvalue weighted by Crippen LogP contribution is 2.37. The number of carbonyl (C=O) groups excluding carboxylic acids is 2. The van der Waals surface area contributed by atoms with E-state index in [0.717, 1.165) is 16.7 Å². The first-order valence-electron chi connectivity index (χ1n) is 13.1. The number of pyridine rings is 2. The first-order valence-corrected chi connectivity index (χ1v) is 14.7. The van der Waals surface area contributed by atoms with Crippen LogP contribution in [0.15, 0.2) is 67.1 Å². The van der Waals surface area contributed by atoms with Crippen molar-refractivity contribution in [3.8, 4) is 16.9 Å². The zero-order valence-electron chi connectivity index (χ0n) is 22.0. The molecule has 3 atom stereocenters. The van der Waals surface area contributed by atoms with Crippen LogP contribution in [0.5, 0.6) is 5.75 Å². The highest BCUT2D eigenvalue weighted by molar-refractivity contribution is 7.88. The van der Waals surface area contributed by atoms with Crippen molar-refractivity contribution in [1.82, 2.24) is 19.2 Å². The largest absolute Gasteiger partial charge is 0.506 e. The smallest absolute Gasteiger partial charge is 0.230 e. The van der Waals surface area contributed by atoms with Gasteiger partial charge in [-0.25, -0.2) is 8.42 Å². The molecule has 5 rings (SSSR count). The molecule has 0 aliphatic carbocycles. The molecule has 2 fully saturated rings. The molecule has 204 valence electrons. The molecule has 0 radical (unpaired) electrons. The van der Waals surface area contributed by atoms with Gasteiger partial charge in [0.2, 0.25) is 15.9 Å². The molecule has 2 aliphatic heterocycles. The van der Waals surface area contributed by atoms with E-state index in [2.05, 4.69) is 23.8 Å². The monoisotopic (exact) mass is 548 g/mol. The third-order valence-electron chi connectivity index (χ3n) is 7.49. The summed E-state index contributed by atoms with van der Waals surface area (Å²) in [6, 6.07) is 13.1. The number of ketones is 1. The van der Waals surface area contributed by atoms with Crippen LogP contribution in [0.25, 0.3) is 11.1 Å². The Morgan fingerprint density at radius 2 is 1.87 bits per heavy atom. The Hall–Kier alpha value is -3.63. The zero-order valence-corrected chi connectivity index (χ0v) is 22.8. The first-order chi connectivity index (χ1) is 18.7. The van der Waals surface area contributed by atoms with Gasteiger partial charge in [-0.15, -0.1) is 0 Å². The summed E-state index contributed by atoms with van der Waals surface area (Å²) in [7, 11) is -3.95. The number of nitrogens with zero attached hydrogens (tertiary/aromatic N) is 4. The van der Waals surface area contributed by atoms with Crippen LogP contribution in [0.2, 0.25) is 0 Å². The maximum atomic E-state index is 14.1. The van der Waals surface area contributed by atoms with Crippen molar-refractivity contribution in [2.45, 2.75) is 50.4 Å². The minimum Gasteiger partial charge on any atom is -0.506 e. The lowest BCUT2D eigenvalue weighted by Crippen LogP contribution is -2.45. The number of benzene rings is 1. The quantitative estimate of drug-likeness (QED) is 0.458. The van der Waals surface area contributed by atoms with Gasteiger partial charge < -0.3 is 10.0 Å². The van der Waals surface area contributed by atoms with Crippen LogP contribution in [0.1, 0.15) is 43.9 Å². The van der Waals surface area contributed by atoms with E-state index in [1.165, 1.54) is 22.6 Å². The Morgan fingerprint density at radius 3 is 2.59 bits per heavy atom. The third kappa shape index (κ3) is 5.44. The molecule has 1 aromatic carbocycles. The lowest BCUT2D eigenvalue weighted by atomic mass is 9.87. The first kappa shape index (κ1) is 27.0. The molecule has 3 unspecified atom stereocenters. The highest BCUT2D eigenvalue weighted by Gasteiger charge is 2.54. The number of hydrogen-bond acceptors (Lipinski definition) is 7. The molecule has 2 aromatic heterocycles. The number of likely N-dealkylation sites (tertiary alicyclic amines) is 1. The summed E-state index contributed by atoms with van der Waals surface area (Å²) in [4.78, 5) is 37.0. The summed E-state index contributed by atoms with van der Waals surface area (Å²) in [6.07, 6.45) is 5.87. The summed E-state index contributed by atoms with van der Waals surface area (Å²) in [5.41, 5.74) is 2.79. The standard InChI is InChI=1S/C29H32N4O5S/c1-19(2)14-23(21-7-3-6-20(15-21)22-8-4-11-30-16-22)29(36)32-13-10-25-28(32)27(35)17-33(25)39(37,38)18-24-26(34)9-5-12-31-24/h3-9,11-12,15-16,19,23,25,28,34H,10,13-14,17-18H2,1-2H3. The maximum absolute atomic E-state index is 14.1. The lowest BCUT2D eigenvalue weighted by molar-refractivity contribution is -0.138. The van der Waals surface area contributed by atoms with Crippen molar-refractivity contribution >= 4 is 21.7 Å². The van der Waals surface area contributed by atoms with Crippen molar-refractivity contribution in [2.75, 3.05) is 13.1 Å². The van der Waals surface area contributed by atoms with Gasteiger partial charge in [-0.3, -0.25) is 19.6 Å². The van der Waals surface area contributed by atoms with Crippen LogP contribution in [-0.2, 0) is 25.4 Å². The van der Waals surface area contributed by atoms with Crippen LogP contribution in [-0.4, -0.2) is 69.6 Å². The second kappa shape index (κ2) is 10.9. The molecule has 4 heterocycles. The van der Waals surface area contributed by atoms with E-state index in [-0.39, 0.29) is 35.6 Å². The van der Waals surface area contributed by atoms with E-state index in [0.29, 0.717) is 19.4 Å². The van der Waals surface area contributed by atoms with Crippen LogP contribution < -0.4 is 0 Å². The highest BCUT2D eigenvalue weighted by atomic mass is 32.2. The molecular weight excluding hydrogens is 516 g/mol. The van der Waals surface area contributed by atoms with Gasteiger partial charge in [-0.1, -0.05) is 44.2 Å². The number of rotatable bonds is 8. The van der Waals surface area contributed by atoms with E-state index in [1.807, 2.05) is 36.4 Å². The van der Waals surface area contributed by atoms with Gasteiger partial charge in [0.15, 0.2) is 5.78 Å². The fourth-order valence-electron chi connectivity index (χ4n) is 5.70. The van der Waals surface area contributed by atoms with Crippen LogP contribution in [0.4, 0.5) is 0 Å². The molecular formula is C29H32N4O5S. The number of carbonyl (C=O) groups is 2. The summed E-state index contributed by atoms with van der Waals surface area (Å²) in [5.74, 6) is -1.41. The summed E-state index contributed by atoms with van der Waals surface area (Å²) in [5, 5.41) is 10.0. The van der Waals surface area contributed by atoms with E-state index in [4.69, 9.17) is 0 Å². The van der Waals surface area contributed by atoms with Gasteiger partial charge in [0.25, 0.3) is 0 Å². The number of Topliss-reactive ketones (excluding diaryl/α,β-unsaturated/α-hetero) is 1. The van der Waals surface area contributed by atoms with Crippen molar-refractivity contribution in [2.24, 2.45) is 5.92 Å². The zero-order chi connectivity index (χ0) is 27.7. The number of sulfonamides is 1. The average Bonchev–Trinajstić information content (AvgIpc) is 3.50. The summed E-state index contributed by atoms with van der Waals surface area (Å²) >= 11 is 0. The molecule has 1 amide bonds. The van der Waals surface area contributed by atoms with E-state index >= 15 is 0 Å². The van der Waals surface area contributed by atoms with Crippen molar-refractivity contribution in [3.63, 3.8) is 0 Å². The van der Waals surface area contributed by atoms with Gasteiger partial charge >= 0.3 is 0 Å². The Balaban J connectivity index is 1.40. The Morgan fingerprint density at radius 1 is 1.10 bits per heavy atom. The number of hydrogen-bond donors (Lipinski definition) is 1. The molecule has 10 heteroatoms. The van der Waals surface area contributed by atoms with E-state index in [9.17, 15) is 23.1 Å². The van der Waals surface area contributed by atoms with Crippen molar-refractivity contribution in [3.05, 3.63) is 78.4 Å². The van der Waals surface area contributed by atoms with Gasteiger partial charge in [-0.2, -0.15) is 4.31 Å². The number of aromatic hydroxyl groups is 1. The molecule has 0 saturated carbocycles. The minimum absolute atomic E-state index is 0.0322. The maximum Gasteiger partial charge on any atom is 0.230 e. The van der Waals surface area contributed by atoms with Crippen molar-refractivity contribution < 1.29 is 23.1 Å². The van der Waals surface area contributed by atoms with Gasteiger partial charge in [-0.05, 0) is 53.6 Å². The van der Waals surface area contributed by atoms with Gasteiger partial charge in [0, 0.05) is 25.1 Å². The summed E-state index contributed by atoms with van der Waals surface area (Å²) in [6.45, 7) is 4.12. The van der Waals surface area contributed by atoms with E-state index < -0.39 is 33.8 Å². The second-order valence-electron chi connectivity index (χ2n) is 10.6. The Kier molecular flexibility index (Phi) is 7.51. The number of fused-ring (bicyclic) bond motifs is 1. The molecule has 39 heavy (non-hydrogen) atoms. The average molecular weight is 549 g/mol. The van der Waals surface area contributed by atoms with Gasteiger partial charge in [0.05, 0.1) is 24.2 Å². The molecule has 0 bridgehead atoms. The number of aromatic nitrogens is 2. The summed E-state index contributed by atoms with van der Waals surface area (Å²) < 4.78 is 27.8. The third-order valence-corrected chi connectivity index (χ3v) is 9.24. The predicted molar refractivity (Wildman–Crippen MR) is 146 cm³/mol. The lowest BCUT2D eigenvalue weighted by Gasteiger charge is -2.29. The predicted octanol–water partition coefficient (Wildman–Crippen LogP) is 3.36. The van der Waals surface area contributed by atoms with E-state index in [1.54, 1.807) is 17.3 Å². The SMILES string of the molecule is CC(C)CC(C(=O)N1CCC2C1C(=O)CN2S(=O)(=O)Cc1ncccc1O)c1cccc(-c2cccnc2)c1. The fourth-order valence-corrected chi connectivity index (χ4v) is 7.39. The number of amides is 1.